The highest BCUT2D eigenvalue weighted by Crippen LogP contribution is 2.18. The van der Waals surface area contributed by atoms with Crippen molar-refractivity contribution in [1.82, 2.24) is 9.78 Å². The number of hydrogen-bond acceptors (Lipinski definition) is 3. The maximum absolute atomic E-state index is 5.64. The van der Waals surface area contributed by atoms with Gasteiger partial charge in [-0.2, -0.15) is 5.10 Å². The van der Waals surface area contributed by atoms with Gasteiger partial charge >= 0.3 is 0 Å². The van der Waals surface area contributed by atoms with Gasteiger partial charge in [-0.15, -0.1) is 0 Å². The summed E-state index contributed by atoms with van der Waals surface area (Å²) in [6.45, 7) is 2.45. The Morgan fingerprint density at radius 1 is 1.39 bits per heavy atom. The van der Waals surface area contributed by atoms with Gasteiger partial charge in [-0.3, -0.25) is 0 Å². The van der Waals surface area contributed by atoms with Crippen LogP contribution in [-0.2, 0) is 11.5 Å². The van der Waals surface area contributed by atoms with Crippen LogP contribution < -0.4 is 4.74 Å². The molecular weight excluding hydrogens is 228 g/mol. The van der Waals surface area contributed by atoms with Crippen molar-refractivity contribution in [2.45, 2.75) is 13.7 Å². The maximum atomic E-state index is 5.64. The van der Waals surface area contributed by atoms with E-state index in [9.17, 15) is 0 Å². The molecule has 0 atom stereocenters. The van der Waals surface area contributed by atoms with E-state index in [2.05, 4.69) is 5.10 Å². The molecule has 0 unspecified atom stereocenters. The molecule has 4 heteroatoms. The Bertz CT molecular complexity index is 519. The topological polar surface area (TPSA) is 36.3 Å². The van der Waals surface area contributed by atoms with Gasteiger partial charge in [0.05, 0.1) is 13.4 Å². The molecule has 0 aliphatic carbocycles. The molecule has 0 N–H and O–H groups in total. The van der Waals surface area contributed by atoms with Crippen molar-refractivity contribution in [3.63, 3.8) is 0 Å². The summed E-state index contributed by atoms with van der Waals surface area (Å²) in [5, 5.41) is 4.08. The van der Waals surface area contributed by atoms with Crippen LogP contribution in [-0.4, -0.2) is 16.9 Å². The lowest BCUT2D eigenvalue weighted by molar-refractivity contribution is 0.221. The summed E-state index contributed by atoms with van der Waals surface area (Å²) in [4.78, 5) is 0. The fourth-order valence-corrected chi connectivity index (χ4v) is 1.58. The van der Waals surface area contributed by atoms with E-state index in [-0.39, 0.29) is 0 Å². The molecule has 0 saturated heterocycles. The number of nitrogens with zero attached hydrogens (tertiary/aromatic N) is 2. The fraction of sp³-hybridized carbons (Fsp3) is 0.214. The molecule has 18 heavy (non-hydrogen) atoms. The second-order valence-corrected chi connectivity index (χ2v) is 3.88. The van der Waals surface area contributed by atoms with Gasteiger partial charge in [0.2, 0.25) is 0 Å². The minimum Gasteiger partial charge on any atom is -0.504 e. The lowest BCUT2D eigenvalue weighted by atomic mass is 10.1. The zero-order chi connectivity index (χ0) is 12.8. The summed E-state index contributed by atoms with van der Waals surface area (Å²) in [6, 6.07) is 7.81. The third-order valence-electron chi connectivity index (χ3n) is 2.55. The number of aromatic nitrogens is 2. The van der Waals surface area contributed by atoms with Gasteiger partial charge in [-0.25, -0.2) is 4.68 Å². The third kappa shape index (κ3) is 3.13. The Hall–Kier alpha value is -2.23. The van der Waals surface area contributed by atoms with E-state index >= 15 is 0 Å². The van der Waals surface area contributed by atoms with Gasteiger partial charge in [-0.05, 0) is 42.3 Å². The van der Waals surface area contributed by atoms with Crippen LogP contribution in [0, 0.1) is 6.92 Å². The molecule has 0 aliphatic rings. The van der Waals surface area contributed by atoms with Crippen LogP contribution in [0.2, 0.25) is 0 Å². The Kier molecular flexibility index (Phi) is 4.02. The van der Waals surface area contributed by atoms with Crippen molar-refractivity contribution in [3.8, 4) is 5.75 Å². The standard InChI is InChI=1S/C14H16N2O2/c1-12-10-14(5-4-13(12)6-9-17-2)18-11-16-8-3-7-15-16/h3-10H,11H2,1-2H3. The predicted octanol–water partition coefficient (Wildman–Crippen LogP) is 2.85. The zero-order valence-corrected chi connectivity index (χ0v) is 10.5. The number of ether oxygens (including phenoxy) is 2. The lowest BCUT2D eigenvalue weighted by Crippen LogP contribution is -2.05. The molecule has 4 nitrogen and oxygen atoms in total. The van der Waals surface area contributed by atoms with Crippen LogP contribution in [0.4, 0.5) is 0 Å². The number of methoxy groups -OCH3 is 1. The second kappa shape index (κ2) is 5.91. The van der Waals surface area contributed by atoms with Crippen LogP contribution in [0.3, 0.4) is 0 Å². The van der Waals surface area contributed by atoms with E-state index < -0.39 is 0 Å². The average Bonchev–Trinajstić information content (AvgIpc) is 2.88. The number of aryl methyl sites for hydroxylation is 1. The summed E-state index contributed by atoms with van der Waals surface area (Å²) >= 11 is 0. The van der Waals surface area contributed by atoms with Crippen LogP contribution in [0.25, 0.3) is 6.08 Å². The maximum Gasteiger partial charge on any atom is 0.180 e. The number of rotatable bonds is 5. The van der Waals surface area contributed by atoms with Crippen molar-refractivity contribution in [1.29, 1.82) is 0 Å². The van der Waals surface area contributed by atoms with Crippen molar-refractivity contribution < 1.29 is 9.47 Å². The highest BCUT2D eigenvalue weighted by Gasteiger charge is 1.99. The van der Waals surface area contributed by atoms with Crippen molar-refractivity contribution in [3.05, 3.63) is 54.0 Å². The Balaban J connectivity index is 2.02. The first-order valence-corrected chi connectivity index (χ1v) is 5.70. The van der Waals surface area contributed by atoms with E-state index in [0.717, 1.165) is 16.9 Å². The van der Waals surface area contributed by atoms with Gasteiger partial charge in [0, 0.05) is 12.4 Å². The van der Waals surface area contributed by atoms with Crippen molar-refractivity contribution in [2.75, 3.05) is 7.11 Å². The number of benzene rings is 1. The van der Waals surface area contributed by atoms with Gasteiger partial charge < -0.3 is 9.47 Å². The molecule has 0 spiro atoms. The molecule has 1 aromatic carbocycles. The van der Waals surface area contributed by atoms with Crippen molar-refractivity contribution >= 4 is 6.08 Å². The van der Waals surface area contributed by atoms with Crippen LogP contribution in [0.15, 0.2) is 42.9 Å². The molecule has 94 valence electrons. The molecule has 0 saturated carbocycles. The Morgan fingerprint density at radius 2 is 2.28 bits per heavy atom. The molecule has 0 aliphatic heterocycles. The first kappa shape index (κ1) is 12.2. The smallest absolute Gasteiger partial charge is 0.180 e. The van der Waals surface area contributed by atoms with Crippen LogP contribution >= 0.6 is 0 Å². The van der Waals surface area contributed by atoms with E-state index in [0.29, 0.717) is 6.73 Å². The Labute approximate surface area is 106 Å². The molecule has 0 fully saturated rings. The Morgan fingerprint density at radius 3 is 2.94 bits per heavy atom. The molecule has 0 bridgehead atoms. The van der Waals surface area contributed by atoms with Crippen molar-refractivity contribution in [2.24, 2.45) is 0 Å². The molecule has 1 heterocycles. The number of hydrogen-bond donors (Lipinski definition) is 0. The van der Waals surface area contributed by atoms with E-state index in [1.54, 1.807) is 24.3 Å². The summed E-state index contributed by atoms with van der Waals surface area (Å²) in [6.07, 6.45) is 7.18. The van der Waals surface area contributed by atoms with Crippen LogP contribution in [0.1, 0.15) is 11.1 Å². The largest absolute Gasteiger partial charge is 0.504 e. The minimum atomic E-state index is 0.416. The molecular formula is C14H16N2O2. The van der Waals surface area contributed by atoms with E-state index in [1.165, 1.54) is 0 Å². The fourth-order valence-electron chi connectivity index (χ4n) is 1.58. The summed E-state index contributed by atoms with van der Waals surface area (Å²) < 4.78 is 12.3. The first-order valence-electron chi connectivity index (χ1n) is 5.70. The van der Waals surface area contributed by atoms with Crippen LogP contribution in [0.5, 0.6) is 5.75 Å². The van der Waals surface area contributed by atoms with Gasteiger partial charge in [0.1, 0.15) is 5.75 Å². The highest BCUT2D eigenvalue weighted by atomic mass is 16.5. The molecule has 1 aromatic heterocycles. The average molecular weight is 244 g/mol. The quantitative estimate of drug-likeness (QED) is 0.759. The normalized spacial score (nSPS) is 10.8. The van der Waals surface area contributed by atoms with E-state index in [1.807, 2.05) is 43.5 Å². The predicted molar refractivity (Wildman–Crippen MR) is 70.1 cm³/mol. The first-order chi connectivity index (χ1) is 8.79. The summed E-state index contributed by atoms with van der Waals surface area (Å²) in [5.41, 5.74) is 2.25. The zero-order valence-electron chi connectivity index (χ0n) is 10.5. The molecule has 0 radical (unpaired) electrons. The van der Waals surface area contributed by atoms with E-state index in [4.69, 9.17) is 9.47 Å². The summed E-state index contributed by atoms with van der Waals surface area (Å²) in [7, 11) is 1.63. The lowest BCUT2D eigenvalue weighted by Gasteiger charge is -2.08. The molecule has 0 amide bonds. The third-order valence-corrected chi connectivity index (χ3v) is 2.55. The monoisotopic (exact) mass is 244 g/mol. The van der Waals surface area contributed by atoms with Gasteiger partial charge in [0.15, 0.2) is 6.73 Å². The second-order valence-electron chi connectivity index (χ2n) is 3.88. The molecule has 2 rings (SSSR count). The van der Waals surface area contributed by atoms with Gasteiger partial charge in [-0.1, -0.05) is 6.07 Å². The summed E-state index contributed by atoms with van der Waals surface area (Å²) in [5.74, 6) is 0.831. The van der Waals surface area contributed by atoms with Gasteiger partial charge in [0.25, 0.3) is 0 Å². The molecule has 2 aromatic rings. The minimum absolute atomic E-state index is 0.416. The SMILES string of the molecule is COC=Cc1ccc(OCn2cccn2)cc1C. The highest BCUT2D eigenvalue weighted by molar-refractivity contribution is 5.54.